The Labute approximate surface area is 150 Å². The zero-order valence-corrected chi connectivity index (χ0v) is 15.4. The van der Waals surface area contributed by atoms with E-state index in [1.165, 1.54) is 4.31 Å². The molecule has 0 spiro atoms. The van der Waals surface area contributed by atoms with Gasteiger partial charge in [-0.1, -0.05) is 19.1 Å². The molecule has 8 nitrogen and oxygen atoms in total. The molecule has 10 heteroatoms. The second kappa shape index (κ2) is 7.54. The van der Waals surface area contributed by atoms with E-state index in [0.717, 1.165) is 17.0 Å². The molecule has 3 rings (SSSR count). The number of nitrogens with one attached hydrogen (secondary N) is 1. The molecule has 1 amide bonds. The normalized spacial score (nSPS) is 16.1. The van der Waals surface area contributed by atoms with Gasteiger partial charge in [0.05, 0.1) is 5.56 Å². The smallest absolute Gasteiger partial charge is 0.278 e. The summed E-state index contributed by atoms with van der Waals surface area (Å²) in [5.74, 6) is 0.821. The summed E-state index contributed by atoms with van der Waals surface area (Å²) in [4.78, 5) is 19.2. The predicted molar refractivity (Wildman–Crippen MR) is 93.9 cm³/mol. The average Bonchev–Trinajstić information content (AvgIpc) is 3.18. The van der Waals surface area contributed by atoms with Crippen LogP contribution in [-0.4, -0.2) is 70.6 Å². The van der Waals surface area contributed by atoms with E-state index in [1.807, 2.05) is 31.2 Å². The molecule has 0 atom stereocenters. The summed E-state index contributed by atoms with van der Waals surface area (Å²) in [6.45, 7) is 3.20. The molecule has 134 valence electrons. The summed E-state index contributed by atoms with van der Waals surface area (Å²) in [5, 5.41) is 5.80. The first-order chi connectivity index (χ1) is 12.0. The minimum Gasteiger partial charge on any atom is -0.336 e. The number of sulfonamides is 1. The van der Waals surface area contributed by atoms with Crippen molar-refractivity contribution in [1.29, 1.82) is 0 Å². The predicted octanol–water partition coefficient (Wildman–Crippen LogP) is 1.06. The molecule has 1 aliphatic rings. The molecule has 0 radical (unpaired) electrons. The highest BCUT2D eigenvalue weighted by Gasteiger charge is 2.32. The Bertz CT molecular complexity index is 831. The van der Waals surface area contributed by atoms with E-state index in [0.29, 0.717) is 18.7 Å². The number of amides is 1. The van der Waals surface area contributed by atoms with Crippen LogP contribution in [0.1, 0.15) is 17.3 Å². The lowest BCUT2D eigenvalue weighted by Gasteiger charge is -2.33. The SMILES string of the molecule is CCSc1ccccc1C(=O)N1CCN(S(=O)(=O)c2ncn[nH]2)CC1. The zero-order valence-electron chi connectivity index (χ0n) is 13.8. The van der Waals surface area contributed by atoms with Crippen LogP contribution in [0.25, 0.3) is 0 Å². The molecule has 0 unspecified atom stereocenters. The molecule has 2 aromatic rings. The van der Waals surface area contributed by atoms with Gasteiger partial charge in [0, 0.05) is 31.1 Å². The number of aromatic amines is 1. The number of carbonyl (C=O) groups is 1. The van der Waals surface area contributed by atoms with Gasteiger partial charge in [-0.3, -0.25) is 4.79 Å². The first-order valence-electron chi connectivity index (χ1n) is 7.90. The number of carbonyl (C=O) groups excluding carboxylic acids is 1. The minimum atomic E-state index is -3.69. The van der Waals surface area contributed by atoms with Gasteiger partial charge in [-0.25, -0.2) is 18.5 Å². The minimum absolute atomic E-state index is 0.0618. The molecule has 1 N–H and O–H groups in total. The Morgan fingerprint density at radius 3 is 2.60 bits per heavy atom. The number of aromatic nitrogens is 3. The molecule has 0 bridgehead atoms. The van der Waals surface area contributed by atoms with Gasteiger partial charge in [-0.15, -0.1) is 11.8 Å². The number of hydrogen-bond acceptors (Lipinski definition) is 6. The third-order valence-corrected chi connectivity index (χ3v) is 6.61. The summed E-state index contributed by atoms with van der Waals surface area (Å²) in [6.07, 6.45) is 1.16. The first kappa shape index (κ1) is 17.9. The fraction of sp³-hybridized carbons (Fsp3) is 0.400. The van der Waals surface area contributed by atoms with Crippen molar-refractivity contribution >= 4 is 27.7 Å². The lowest BCUT2D eigenvalue weighted by atomic mass is 10.2. The van der Waals surface area contributed by atoms with Crippen LogP contribution in [0.3, 0.4) is 0 Å². The summed E-state index contributed by atoms with van der Waals surface area (Å²) >= 11 is 1.62. The molecular formula is C15H19N5O3S2. The quantitative estimate of drug-likeness (QED) is 0.778. The maximum Gasteiger partial charge on any atom is 0.278 e. The Hall–Kier alpha value is -1.91. The molecule has 25 heavy (non-hydrogen) atoms. The lowest BCUT2D eigenvalue weighted by molar-refractivity contribution is 0.0694. The Morgan fingerprint density at radius 1 is 1.24 bits per heavy atom. The zero-order chi connectivity index (χ0) is 17.9. The number of thioether (sulfide) groups is 1. The molecule has 1 saturated heterocycles. The number of piperazine rings is 1. The van der Waals surface area contributed by atoms with Crippen molar-refractivity contribution in [3.05, 3.63) is 36.2 Å². The van der Waals surface area contributed by atoms with E-state index in [9.17, 15) is 13.2 Å². The van der Waals surface area contributed by atoms with Crippen molar-refractivity contribution in [2.75, 3.05) is 31.9 Å². The largest absolute Gasteiger partial charge is 0.336 e. The van der Waals surface area contributed by atoms with Gasteiger partial charge in [-0.05, 0) is 17.9 Å². The van der Waals surface area contributed by atoms with Crippen molar-refractivity contribution in [3.63, 3.8) is 0 Å². The van der Waals surface area contributed by atoms with Crippen LogP contribution >= 0.6 is 11.8 Å². The van der Waals surface area contributed by atoms with Gasteiger partial charge in [0.2, 0.25) is 0 Å². The second-order valence-corrected chi connectivity index (χ2v) is 8.58. The molecule has 1 aromatic carbocycles. The highest BCUT2D eigenvalue weighted by molar-refractivity contribution is 7.99. The molecule has 2 heterocycles. The van der Waals surface area contributed by atoms with Crippen molar-refractivity contribution < 1.29 is 13.2 Å². The van der Waals surface area contributed by atoms with Crippen LogP contribution in [0.15, 0.2) is 40.6 Å². The van der Waals surface area contributed by atoms with Gasteiger partial charge >= 0.3 is 0 Å². The summed E-state index contributed by atoms with van der Waals surface area (Å²) in [6, 6.07) is 7.51. The standard InChI is InChI=1S/C15H19N5O3S2/c1-2-24-13-6-4-3-5-12(13)14(21)19-7-9-20(10-8-19)25(22,23)15-16-11-17-18-15/h3-6,11H,2,7-10H2,1H3,(H,16,17,18). The van der Waals surface area contributed by atoms with Crippen LogP contribution in [0.4, 0.5) is 0 Å². The monoisotopic (exact) mass is 381 g/mol. The van der Waals surface area contributed by atoms with Gasteiger partial charge in [-0.2, -0.15) is 9.40 Å². The van der Waals surface area contributed by atoms with E-state index in [-0.39, 0.29) is 24.2 Å². The van der Waals surface area contributed by atoms with Crippen LogP contribution in [-0.2, 0) is 10.0 Å². The molecule has 1 aliphatic heterocycles. The van der Waals surface area contributed by atoms with Crippen molar-refractivity contribution in [1.82, 2.24) is 24.4 Å². The highest BCUT2D eigenvalue weighted by Crippen LogP contribution is 2.24. The number of rotatable bonds is 5. The third kappa shape index (κ3) is 3.70. The van der Waals surface area contributed by atoms with E-state index in [4.69, 9.17) is 0 Å². The third-order valence-electron chi connectivity index (χ3n) is 3.92. The highest BCUT2D eigenvalue weighted by atomic mass is 32.2. The van der Waals surface area contributed by atoms with Gasteiger partial charge < -0.3 is 4.90 Å². The Kier molecular flexibility index (Phi) is 5.40. The summed E-state index contributed by atoms with van der Waals surface area (Å²) in [5.41, 5.74) is 0.667. The number of nitrogens with zero attached hydrogens (tertiary/aromatic N) is 4. The first-order valence-corrected chi connectivity index (χ1v) is 10.3. The van der Waals surface area contributed by atoms with E-state index in [1.54, 1.807) is 16.7 Å². The topological polar surface area (TPSA) is 99.3 Å². The van der Waals surface area contributed by atoms with Crippen LogP contribution in [0, 0.1) is 0 Å². The van der Waals surface area contributed by atoms with Crippen molar-refractivity contribution in [2.24, 2.45) is 0 Å². The van der Waals surface area contributed by atoms with Crippen LogP contribution in [0.5, 0.6) is 0 Å². The molecule has 0 aliphatic carbocycles. The molecule has 1 aromatic heterocycles. The Morgan fingerprint density at radius 2 is 1.96 bits per heavy atom. The van der Waals surface area contributed by atoms with Gasteiger partial charge in [0.25, 0.3) is 21.1 Å². The van der Waals surface area contributed by atoms with Crippen LogP contribution in [0.2, 0.25) is 0 Å². The second-order valence-electron chi connectivity index (χ2n) is 5.42. The van der Waals surface area contributed by atoms with Crippen molar-refractivity contribution in [3.8, 4) is 0 Å². The maximum atomic E-state index is 12.8. The fourth-order valence-corrected chi connectivity index (χ4v) is 4.70. The van der Waals surface area contributed by atoms with Gasteiger partial charge in [0.15, 0.2) is 0 Å². The molecule has 0 saturated carbocycles. The number of hydrogen-bond donors (Lipinski definition) is 1. The maximum absolute atomic E-state index is 12.8. The lowest BCUT2D eigenvalue weighted by Crippen LogP contribution is -2.50. The Balaban J connectivity index is 1.70. The van der Waals surface area contributed by atoms with Crippen molar-refractivity contribution in [2.45, 2.75) is 17.0 Å². The van der Waals surface area contributed by atoms with Crippen LogP contribution < -0.4 is 0 Å². The van der Waals surface area contributed by atoms with Gasteiger partial charge in [0.1, 0.15) is 6.33 Å². The summed E-state index contributed by atoms with van der Waals surface area (Å²) in [7, 11) is -3.69. The van der Waals surface area contributed by atoms with E-state index in [2.05, 4.69) is 15.2 Å². The fourth-order valence-electron chi connectivity index (χ4n) is 2.67. The molecular weight excluding hydrogens is 362 g/mol. The number of benzene rings is 1. The number of H-pyrrole nitrogens is 1. The summed E-state index contributed by atoms with van der Waals surface area (Å²) < 4.78 is 26.2. The molecule has 1 fully saturated rings. The average molecular weight is 381 g/mol. The van der Waals surface area contributed by atoms with E-state index >= 15 is 0 Å². The van der Waals surface area contributed by atoms with E-state index < -0.39 is 10.0 Å².